The molecule has 0 amide bonds. The van der Waals surface area contributed by atoms with E-state index in [0.717, 1.165) is 11.1 Å². The van der Waals surface area contributed by atoms with Gasteiger partial charge in [0.25, 0.3) is 0 Å². The molecular formula is C18H17NO3. The van der Waals surface area contributed by atoms with E-state index in [9.17, 15) is 4.79 Å². The van der Waals surface area contributed by atoms with E-state index in [0.29, 0.717) is 12.5 Å². The number of hydrogen-bond donors (Lipinski definition) is 0. The Labute approximate surface area is 129 Å². The van der Waals surface area contributed by atoms with E-state index in [-0.39, 0.29) is 12.0 Å². The van der Waals surface area contributed by atoms with Crippen LogP contribution in [0.25, 0.3) is 0 Å². The molecule has 0 fully saturated rings. The first kappa shape index (κ1) is 14.3. The lowest BCUT2D eigenvalue weighted by Gasteiger charge is -2.16. The Balaban J connectivity index is 1.94. The molecule has 2 aromatic rings. The smallest absolute Gasteiger partial charge is 0.350 e. The molecule has 4 nitrogen and oxygen atoms in total. The lowest BCUT2D eigenvalue weighted by molar-refractivity contribution is -0.152. The van der Waals surface area contributed by atoms with Crippen LogP contribution in [0.2, 0.25) is 0 Å². The number of benzene rings is 2. The number of nitrogens with zero attached hydrogens (tertiary/aromatic N) is 1. The second-order valence-corrected chi connectivity index (χ2v) is 4.95. The fourth-order valence-electron chi connectivity index (χ4n) is 2.43. The second-order valence-electron chi connectivity index (χ2n) is 4.95. The summed E-state index contributed by atoms with van der Waals surface area (Å²) in [7, 11) is 0. The summed E-state index contributed by atoms with van der Waals surface area (Å²) in [4.78, 5) is 16.8. The Morgan fingerprint density at radius 3 is 2.36 bits per heavy atom. The molecule has 3 rings (SSSR count). The van der Waals surface area contributed by atoms with Crippen LogP contribution in [0.3, 0.4) is 0 Å². The van der Waals surface area contributed by atoms with Crippen molar-refractivity contribution in [2.24, 2.45) is 4.99 Å². The predicted octanol–water partition coefficient (Wildman–Crippen LogP) is 3.14. The first-order chi connectivity index (χ1) is 10.8. The zero-order chi connectivity index (χ0) is 15.4. The molecule has 0 radical (unpaired) electrons. The molecule has 1 unspecified atom stereocenters. The monoisotopic (exact) mass is 295 g/mol. The second kappa shape index (κ2) is 6.43. The molecule has 1 aliphatic rings. The molecule has 112 valence electrons. The lowest BCUT2D eigenvalue weighted by atomic mass is 10.0. The van der Waals surface area contributed by atoms with Crippen LogP contribution in [0.15, 0.2) is 65.7 Å². The van der Waals surface area contributed by atoms with Crippen molar-refractivity contribution in [1.82, 2.24) is 0 Å². The number of hydrogen-bond acceptors (Lipinski definition) is 4. The van der Waals surface area contributed by atoms with Gasteiger partial charge in [-0.3, -0.25) is 0 Å². The van der Waals surface area contributed by atoms with Gasteiger partial charge in [-0.1, -0.05) is 48.5 Å². The van der Waals surface area contributed by atoms with Crippen molar-refractivity contribution in [3.8, 4) is 0 Å². The highest BCUT2D eigenvalue weighted by Crippen LogP contribution is 2.31. The predicted molar refractivity (Wildman–Crippen MR) is 83.7 cm³/mol. The van der Waals surface area contributed by atoms with Gasteiger partial charge in [-0.2, -0.15) is 0 Å². The Bertz CT molecular complexity index is 667. The van der Waals surface area contributed by atoms with Gasteiger partial charge in [-0.05, 0) is 24.6 Å². The SMILES string of the molecule is CCOC(=O)[C@H]1OC(c2ccccc2)=NC1c1ccccc1. The van der Waals surface area contributed by atoms with Crippen LogP contribution in [0.1, 0.15) is 24.1 Å². The third kappa shape index (κ3) is 2.86. The van der Waals surface area contributed by atoms with Gasteiger partial charge in [-0.25, -0.2) is 9.79 Å². The minimum Gasteiger partial charge on any atom is -0.463 e. The summed E-state index contributed by atoms with van der Waals surface area (Å²) in [5.74, 6) is 0.0959. The van der Waals surface area contributed by atoms with E-state index in [1.54, 1.807) is 6.92 Å². The third-order valence-corrected chi connectivity index (χ3v) is 3.46. The van der Waals surface area contributed by atoms with Gasteiger partial charge in [0.1, 0.15) is 6.04 Å². The number of aliphatic imine (C=N–C) groups is 1. The Morgan fingerprint density at radius 1 is 1.09 bits per heavy atom. The molecule has 0 aromatic heterocycles. The number of esters is 1. The highest BCUT2D eigenvalue weighted by molar-refractivity contribution is 5.98. The van der Waals surface area contributed by atoms with Crippen LogP contribution in [0.4, 0.5) is 0 Å². The van der Waals surface area contributed by atoms with Gasteiger partial charge in [0.15, 0.2) is 0 Å². The summed E-state index contributed by atoms with van der Waals surface area (Å²) in [6.07, 6.45) is -0.738. The fraction of sp³-hybridized carbons (Fsp3) is 0.222. The number of ether oxygens (including phenoxy) is 2. The maximum atomic E-state index is 12.2. The van der Waals surface area contributed by atoms with Gasteiger partial charge >= 0.3 is 5.97 Å². The zero-order valence-corrected chi connectivity index (χ0v) is 12.3. The van der Waals surface area contributed by atoms with Crippen LogP contribution in [0.5, 0.6) is 0 Å². The molecule has 0 spiro atoms. The maximum Gasteiger partial charge on any atom is 0.350 e. The summed E-state index contributed by atoms with van der Waals surface area (Å²) >= 11 is 0. The van der Waals surface area contributed by atoms with Gasteiger partial charge in [0.05, 0.1) is 6.61 Å². The maximum absolute atomic E-state index is 12.2. The minimum absolute atomic E-state index is 0.320. The van der Waals surface area contributed by atoms with Crippen molar-refractivity contribution < 1.29 is 14.3 Å². The average molecular weight is 295 g/mol. The summed E-state index contributed by atoms with van der Waals surface area (Å²) in [6.45, 7) is 2.10. The summed E-state index contributed by atoms with van der Waals surface area (Å²) < 4.78 is 10.9. The Hall–Kier alpha value is -2.62. The van der Waals surface area contributed by atoms with Gasteiger partial charge in [0.2, 0.25) is 12.0 Å². The van der Waals surface area contributed by atoms with E-state index in [1.165, 1.54) is 0 Å². The summed E-state index contributed by atoms with van der Waals surface area (Å²) in [5.41, 5.74) is 1.79. The minimum atomic E-state index is -0.738. The van der Waals surface area contributed by atoms with E-state index in [4.69, 9.17) is 9.47 Å². The van der Waals surface area contributed by atoms with E-state index in [2.05, 4.69) is 4.99 Å². The molecule has 0 bridgehead atoms. The first-order valence-electron chi connectivity index (χ1n) is 7.31. The summed E-state index contributed by atoms with van der Waals surface area (Å²) in [6, 6.07) is 18.9. The van der Waals surface area contributed by atoms with Gasteiger partial charge in [0, 0.05) is 5.56 Å². The van der Waals surface area contributed by atoms with Crippen LogP contribution < -0.4 is 0 Å². The Morgan fingerprint density at radius 2 is 1.73 bits per heavy atom. The molecular weight excluding hydrogens is 278 g/mol. The topological polar surface area (TPSA) is 47.9 Å². The van der Waals surface area contributed by atoms with Gasteiger partial charge < -0.3 is 9.47 Å². The highest BCUT2D eigenvalue weighted by Gasteiger charge is 2.39. The van der Waals surface area contributed by atoms with E-state index < -0.39 is 6.10 Å². The molecule has 22 heavy (non-hydrogen) atoms. The van der Waals surface area contributed by atoms with E-state index in [1.807, 2.05) is 60.7 Å². The van der Waals surface area contributed by atoms with Crippen molar-refractivity contribution in [1.29, 1.82) is 0 Å². The van der Waals surface area contributed by atoms with Crippen molar-refractivity contribution >= 4 is 11.9 Å². The van der Waals surface area contributed by atoms with Crippen LogP contribution in [0, 0.1) is 0 Å². The normalized spacial score (nSPS) is 20.1. The molecule has 1 heterocycles. The standard InChI is InChI=1S/C18H17NO3/c1-2-21-18(20)16-15(13-9-5-3-6-10-13)19-17(22-16)14-11-7-4-8-12-14/h3-12,15-16H,2H2,1H3/t15?,16-/m0/s1. The first-order valence-corrected chi connectivity index (χ1v) is 7.31. The van der Waals surface area contributed by atoms with E-state index >= 15 is 0 Å². The van der Waals surface area contributed by atoms with Crippen molar-refractivity contribution in [3.05, 3.63) is 71.8 Å². The lowest BCUT2D eigenvalue weighted by Crippen LogP contribution is -2.29. The molecule has 0 saturated heterocycles. The fourth-order valence-corrected chi connectivity index (χ4v) is 2.43. The van der Waals surface area contributed by atoms with Crippen LogP contribution >= 0.6 is 0 Å². The van der Waals surface area contributed by atoms with Crippen LogP contribution in [-0.2, 0) is 14.3 Å². The molecule has 2 aromatic carbocycles. The number of carbonyl (C=O) groups excluding carboxylic acids is 1. The number of rotatable bonds is 4. The molecule has 0 aliphatic carbocycles. The van der Waals surface area contributed by atoms with Crippen molar-refractivity contribution in [2.75, 3.05) is 6.61 Å². The third-order valence-electron chi connectivity index (χ3n) is 3.46. The molecule has 0 N–H and O–H groups in total. The van der Waals surface area contributed by atoms with Crippen molar-refractivity contribution in [3.63, 3.8) is 0 Å². The Kier molecular flexibility index (Phi) is 4.19. The molecule has 1 aliphatic heterocycles. The van der Waals surface area contributed by atoms with Crippen LogP contribution in [-0.4, -0.2) is 24.6 Å². The number of carbonyl (C=O) groups is 1. The van der Waals surface area contributed by atoms with Crippen molar-refractivity contribution in [2.45, 2.75) is 19.1 Å². The quantitative estimate of drug-likeness (QED) is 0.814. The molecule has 0 saturated carbocycles. The zero-order valence-electron chi connectivity index (χ0n) is 12.3. The largest absolute Gasteiger partial charge is 0.463 e. The highest BCUT2D eigenvalue weighted by atomic mass is 16.6. The molecule has 4 heteroatoms. The molecule has 2 atom stereocenters. The van der Waals surface area contributed by atoms with Gasteiger partial charge in [-0.15, -0.1) is 0 Å². The average Bonchev–Trinajstić information content (AvgIpc) is 3.02. The summed E-state index contributed by atoms with van der Waals surface area (Å²) in [5, 5.41) is 0.